The quantitative estimate of drug-likeness (QED) is 0.837. The molecule has 3 heteroatoms. The van der Waals surface area contributed by atoms with Crippen LogP contribution in [-0.2, 0) is 11.2 Å². The molecule has 0 fully saturated rings. The van der Waals surface area contributed by atoms with E-state index in [0.29, 0.717) is 0 Å². The third-order valence-electron chi connectivity index (χ3n) is 3.62. The number of allylic oxidation sites excluding steroid dienone is 1. The maximum Gasteiger partial charge on any atom is 0.328 e. The van der Waals surface area contributed by atoms with Crippen molar-refractivity contribution in [3.05, 3.63) is 47.5 Å². The largest absolute Gasteiger partial charge is 0.496 e. The van der Waals surface area contributed by atoms with Gasteiger partial charge in [0.15, 0.2) is 0 Å². The molecule has 0 bridgehead atoms. The molecule has 1 N–H and O–H groups in total. The summed E-state index contributed by atoms with van der Waals surface area (Å²) in [5.41, 5.74) is 3.08. The first-order valence-corrected chi connectivity index (χ1v) is 6.23. The molecule has 19 heavy (non-hydrogen) atoms. The van der Waals surface area contributed by atoms with Crippen LogP contribution in [0.2, 0.25) is 0 Å². The molecule has 0 radical (unpaired) electrons. The zero-order valence-corrected chi connectivity index (χ0v) is 10.6. The van der Waals surface area contributed by atoms with Crippen LogP contribution in [0.1, 0.15) is 17.5 Å². The van der Waals surface area contributed by atoms with Gasteiger partial charge in [-0.05, 0) is 40.8 Å². The second kappa shape index (κ2) is 4.43. The van der Waals surface area contributed by atoms with Crippen molar-refractivity contribution in [1.29, 1.82) is 0 Å². The Morgan fingerprint density at radius 3 is 2.84 bits per heavy atom. The Labute approximate surface area is 111 Å². The van der Waals surface area contributed by atoms with Gasteiger partial charge in [0.05, 0.1) is 7.11 Å². The highest BCUT2D eigenvalue weighted by Gasteiger charge is 2.20. The van der Waals surface area contributed by atoms with Crippen molar-refractivity contribution < 1.29 is 14.6 Å². The lowest BCUT2D eigenvalue weighted by atomic mass is 9.84. The number of aliphatic carboxylic acids is 1. The van der Waals surface area contributed by atoms with E-state index in [1.54, 1.807) is 7.11 Å². The molecule has 0 saturated heterocycles. The molecule has 0 amide bonds. The van der Waals surface area contributed by atoms with Crippen LogP contribution in [0, 0.1) is 0 Å². The summed E-state index contributed by atoms with van der Waals surface area (Å²) in [5, 5.41) is 11.2. The number of methoxy groups -OCH3 is 1. The fourth-order valence-corrected chi connectivity index (χ4v) is 2.84. The molecule has 0 spiro atoms. The summed E-state index contributed by atoms with van der Waals surface area (Å²) >= 11 is 0. The minimum atomic E-state index is -0.890. The van der Waals surface area contributed by atoms with Crippen LogP contribution in [-0.4, -0.2) is 18.2 Å². The standard InChI is InChI=1S/C16H14O3/c1-19-14-8-6-10-3-2-4-12-11(9-15(17)18)5-7-13(14)16(10)12/h2-4,6,8-9H,5,7H2,1H3,(H,17,18). The SMILES string of the molecule is COc1ccc2cccc3c2c1CCC3=CC(=O)O. The lowest BCUT2D eigenvalue weighted by Gasteiger charge is -2.21. The van der Waals surface area contributed by atoms with E-state index >= 15 is 0 Å². The first kappa shape index (κ1) is 11.8. The average Bonchev–Trinajstić information content (AvgIpc) is 2.41. The van der Waals surface area contributed by atoms with Gasteiger partial charge >= 0.3 is 5.97 Å². The number of carbonyl (C=O) groups is 1. The summed E-state index contributed by atoms with van der Waals surface area (Å²) in [4.78, 5) is 10.9. The van der Waals surface area contributed by atoms with Crippen LogP contribution < -0.4 is 4.74 Å². The van der Waals surface area contributed by atoms with E-state index in [1.807, 2.05) is 30.3 Å². The maximum atomic E-state index is 10.9. The smallest absolute Gasteiger partial charge is 0.328 e. The van der Waals surface area contributed by atoms with Crippen LogP contribution in [0.5, 0.6) is 5.75 Å². The van der Waals surface area contributed by atoms with E-state index in [-0.39, 0.29) is 0 Å². The lowest BCUT2D eigenvalue weighted by molar-refractivity contribution is -0.131. The lowest BCUT2D eigenvalue weighted by Crippen LogP contribution is -2.04. The van der Waals surface area contributed by atoms with Gasteiger partial charge in [-0.1, -0.05) is 24.3 Å². The number of ether oxygens (including phenoxy) is 1. The average molecular weight is 254 g/mol. The van der Waals surface area contributed by atoms with Crippen molar-refractivity contribution in [2.75, 3.05) is 7.11 Å². The molecule has 0 unspecified atom stereocenters. The van der Waals surface area contributed by atoms with Gasteiger partial charge in [0.25, 0.3) is 0 Å². The molecule has 0 aliphatic heterocycles. The molecular weight excluding hydrogens is 240 g/mol. The predicted molar refractivity (Wildman–Crippen MR) is 74.4 cm³/mol. The number of benzene rings is 2. The number of hydrogen-bond donors (Lipinski definition) is 1. The highest BCUT2D eigenvalue weighted by Crippen LogP contribution is 2.40. The number of carboxylic acids is 1. The summed E-state index contributed by atoms with van der Waals surface area (Å²) in [5.74, 6) is -0.00678. The van der Waals surface area contributed by atoms with Gasteiger partial charge in [0, 0.05) is 11.6 Å². The molecule has 96 valence electrons. The molecule has 1 aliphatic rings. The van der Waals surface area contributed by atoms with Gasteiger partial charge in [0.2, 0.25) is 0 Å². The molecular formula is C16H14O3. The van der Waals surface area contributed by atoms with Gasteiger partial charge in [-0.2, -0.15) is 0 Å². The Morgan fingerprint density at radius 2 is 2.11 bits per heavy atom. The van der Waals surface area contributed by atoms with Crippen molar-refractivity contribution in [2.24, 2.45) is 0 Å². The van der Waals surface area contributed by atoms with E-state index in [9.17, 15) is 4.79 Å². The van der Waals surface area contributed by atoms with Crippen LogP contribution >= 0.6 is 0 Å². The van der Waals surface area contributed by atoms with Gasteiger partial charge in [-0.3, -0.25) is 0 Å². The normalized spacial score (nSPS) is 15.7. The summed E-state index contributed by atoms with van der Waals surface area (Å²) < 4.78 is 5.41. The minimum absolute atomic E-state index is 0.735. The molecule has 0 heterocycles. The number of hydrogen-bond acceptors (Lipinski definition) is 2. The van der Waals surface area contributed by atoms with Crippen molar-refractivity contribution in [3.8, 4) is 5.75 Å². The van der Waals surface area contributed by atoms with Gasteiger partial charge < -0.3 is 9.84 Å². The monoisotopic (exact) mass is 254 g/mol. The maximum absolute atomic E-state index is 10.9. The summed E-state index contributed by atoms with van der Waals surface area (Å²) in [6.45, 7) is 0. The third-order valence-corrected chi connectivity index (χ3v) is 3.62. The molecule has 2 aromatic carbocycles. The van der Waals surface area contributed by atoms with Crippen molar-refractivity contribution in [3.63, 3.8) is 0 Å². The minimum Gasteiger partial charge on any atom is -0.496 e. The van der Waals surface area contributed by atoms with Crippen LogP contribution in [0.3, 0.4) is 0 Å². The fourth-order valence-electron chi connectivity index (χ4n) is 2.84. The van der Waals surface area contributed by atoms with Crippen LogP contribution in [0.25, 0.3) is 16.3 Å². The molecule has 0 atom stereocenters. The Morgan fingerprint density at radius 1 is 1.26 bits per heavy atom. The summed E-state index contributed by atoms with van der Waals surface area (Å²) in [6, 6.07) is 10.00. The Bertz CT molecular complexity index is 698. The zero-order chi connectivity index (χ0) is 13.4. The van der Waals surface area contributed by atoms with Crippen LogP contribution in [0.15, 0.2) is 36.4 Å². The number of rotatable bonds is 2. The topological polar surface area (TPSA) is 46.5 Å². The van der Waals surface area contributed by atoms with E-state index < -0.39 is 5.97 Å². The molecule has 3 nitrogen and oxygen atoms in total. The van der Waals surface area contributed by atoms with E-state index in [2.05, 4.69) is 0 Å². The first-order valence-electron chi connectivity index (χ1n) is 6.23. The Balaban J connectivity index is 2.34. The van der Waals surface area contributed by atoms with E-state index in [0.717, 1.165) is 40.5 Å². The van der Waals surface area contributed by atoms with Gasteiger partial charge in [-0.15, -0.1) is 0 Å². The van der Waals surface area contributed by atoms with Crippen molar-refractivity contribution >= 4 is 22.3 Å². The summed E-state index contributed by atoms with van der Waals surface area (Å²) in [6.07, 6.45) is 2.87. The second-order valence-corrected chi connectivity index (χ2v) is 4.66. The highest BCUT2D eigenvalue weighted by atomic mass is 16.5. The molecule has 1 aliphatic carbocycles. The highest BCUT2D eigenvalue weighted by molar-refractivity contribution is 6.02. The van der Waals surface area contributed by atoms with Crippen molar-refractivity contribution in [2.45, 2.75) is 12.8 Å². The number of aryl methyl sites for hydroxylation is 1. The Hall–Kier alpha value is -2.29. The van der Waals surface area contributed by atoms with Gasteiger partial charge in [-0.25, -0.2) is 4.79 Å². The zero-order valence-electron chi connectivity index (χ0n) is 10.6. The molecule has 0 aromatic heterocycles. The third kappa shape index (κ3) is 1.87. The Kier molecular flexibility index (Phi) is 2.75. The van der Waals surface area contributed by atoms with Crippen LogP contribution in [0.4, 0.5) is 0 Å². The molecule has 0 saturated carbocycles. The number of carboxylic acid groups (broad SMARTS) is 1. The molecule has 3 rings (SSSR count). The first-order chi connectivity index (χ1) is 9.20. The van der Waals surface area contributed by atoms with Gasteiger partial charge in [0.1, 0.15) is 5.75 Å². The second-order valence-electron chi connectivity index (χ2n) is 4.66. The van der Waals surface area contributed by atoms with Crippen molar-refractivity contribution in [1.82, 2.24) is 0 Å². The predicted octanol–water partition coefficient (Wildman–Crippen LogP) is 3.26. The van der Waals surface area contributed by atoms with E-state index in [1.165, 1.54) is 11.6 Å². The van der Waals surface area contributed by atoms with E-state index in [4.69, 9.17) is 9.84 Å². The fraction of sp³-hybridized carbons (Fsp3) is 0.188. The molecule has 2 aromatic rings. The summed E-state index contributed by atoms with van der Waals surface area (Å²) in [7, 11) is 1.67.